The van der Waals surface area contributed by atoms with Gasteiger partial charge in [0.25, 0.3) is 0 Å². The third-order valence-electron chi connectivity index (χ3n) is 3.54. The Kier molecular flexibility index (Phi) is 4.35. The molecule has 0 aliphatic rings. The van der Waals surface area contributed by atoms with E-state index in [0.29, 0.717) is 6.42 Å². The lowest BCUT2D eigenvalue weighted by molar-refractivity contribution is 0.414. The van der Waals surface area contributed by atoms with Crippen molar-refractivity contribution in [1.82, 2.24) is 9.78 Å². The van der Waals surface area contributed by atoms with Crippen LogP contribution in [0.15, 0.2) is 59.6 Å². The number of thiol groups is 1. The van der Waals surface area contributed by atoms with E-state index in [0.717, 1.165) is 33.2 Å². The molecule has 0 N–H and O–H groups in total. The molecule has 0 aliphatic carbocycles. The number of methoxy groups -OCH3 is 1. The summed E-state index contributed by atoms with van der Waals surface area (Å²) in [6.45, 7) is 0. The minimum atomic E-state index is 0.293. The number of nitrogens with zero attached hydrogens (tertiary/aromatic N) is 3. The smallest absolute Gasteiger partial charge is 0.120 e. The first-order valence-corrected chi connectivity index (χ1v) is 7.56. The third kappa shape index (κ3) is 3.08. The highest BCUT2D eigenvalue weighted by atomic mass is 32.1. The van der Waals surface area contributed by atoms with Crippen LogP contribution in [-0.4, -0.2) is 16.9 Å². The van der Waals surface area contributed by atoms with Crippen LogP contribution >= 0.6 is 12.6 Å². The molecular formula is C18H15N3OS. The van der Waals surface area contributed by atoms with Gasteiger partial charge in [-0.1, -0.05) is 18.2 Å². The van der Waals surface area contributed by atoms with E-state index in [1.807, 2.05) is 54.7 Å². The van der Waals surface area contributed by atoms with Gasteiger partial charge in [-0.3, -0.25) is 0 Å². The van der Waals surface area contributed by atoms with E-state index in [2.05, 4.69) is 23.8 Å². The standard InChI is InChI=1S/C18H15N3OS/c1-22-15-7-8-16(17(23)11-15)18-13(9-10-19)12-21(20-18)14-5-3-2-4-6-14/h2-8,11-12,23H,9H2,1H3. The first kappa shape index (κ1) is 15.2. The van der Waals surface area contributed by atoms with Crippen molar-refractivity contribution in [2.75, 3.05) is 7.11 Å². The van der Waals surface area contributed by atoms with Crippen LogP contribution in [0.2, 0.25) is 0 Å². The molecule has 0 unspecified atom stereocenters. The van der Waals surface area contributed by atoms with Gasteiger partial charge in [0, 0.05) is 22.2 Å². The molecule has 0 fully saturated rings. The fourth-order valence-corrected chi connectivity index (χ4v) is 2.71. The van der Waals surface area contributed by atoms with Gasteiger partial charge in [0.2, 0.25) is 0 Å². The van der Waals surface area contributed by atoms with Gasteiger partial charge in [0.15, 0.2) is 0 Å². The maximum absolute atomic E-state index is 9.10. The zero-order chi connectivity index (χ0) is 16.2. The lowest BCUT2D eigenvalue weighted by Crippen LogP contribution is -1.94. The lowest BCUT2D eigenvalue weighted by atomic mass is 10.1. The summed E-state index contributed by atoms with van der Waals surface area (Å²) >= 11 is 4.53. The summed E-state index contributed by atoms with van der Waals surface area (Å²) in [5.74, 6) is 0.739. The Morgan fingerprint density at radius 3 is 2.65 bits per heavy atom. The molecule has 3 rings (SSSR count). The number of hydrogen-bond acceptors (Lipinski definition) is 4. The monoisotopic (exact) mass is 321 g/mol. The first-order valence-electron chi connectivity index (χ1n) is 7.11. The fourth-order valence-electron chi connectivity index (χ4n) is 2.40. The van der Waals surface area contributed by atoms with Crippen LogP contribution in [0.4, 0.5) is 0 Å². The number of benzene rings is 2. The van der Waals surface area contributed by atoms with E-state index in [9.17, 15) is 0 Å². The number of ether oxygens (including phenoxy) is 1. The molecule has 2 aromatic carbocycles. The molecule has 3 aromatic rings. The highest BCUT2D eigenvalue weighted by Gasteiger charge is 2.14. The summed E-state index contributed by atoms with van der Waals surface area (Å²) < 4.78 is 7.00. The van der Waals surface area contributed by atoms with Crippen LogP contribution in [0.25, 0.3) is 16.9 Å². The summed E-state index contributed by atoms with van der Waals surface area (Å²) in [7, 11) is 1.62. The van der Waals surface area contributed by atoms with Crippen molar-refractivity contribution >= 4 is 12.6 Å². The molecule has 0 spiro atoms. The van der Waals surface area contributed by atoms with Crippen molar-refractivity contribution < 1.29 is 4.74 Å². The van der Waals surface area contributed by atoms with E-state index in [1.54, 1.807) is 11.8 Å². The van der Waals surface area contributed by atoms with Crippen molar-refractivity contribution in [2.24, 2.45) is 0 Å². The van der Waals surface area contributed by atoms with Crippen LogP contribution in [0.3, 0.4) is 0 Å². The van der Waals surface area contributed by atoms with E-state index in [1.165, 1.54) is 0 Å². The summed E-state index contributed by atoms with van der Waals surface area (Å²) in [4.78, 5) is 0.766. The van der Waals surface area contributed by atoms with Gasteiger partial charge in [0.1, 0.15) is 5.75 Å². The number of nitriles is 1. The predicted molar refractivity (Wildman–Crippen MR) is 92.1 cm³/mol. The Balaban J connectivity index is 2.11. The molecule has 1 heterocycles. The van der Waals surface area contributed by atoms with E-state index >= 15 is 0 Å². The minimum absolute atomic E-state index is 0.293. The molecule has 0 saturated carbocycles. The van der Waals surface area contributed by atoms with Gasteiger partial charge in [-0.15, -0.1) is 12.6 Å². The molecule has 114 valence electrons. The Bertz CT molecular complexity index is 866. The van der Waals surface area contributed by atoms with E-state index < -0.39 is 0 Å². The molecular weight excluding hydrogens is 306 g/mol. The average Bonchev–Trinajstić information content (AvgIpc) is 2.99. The van der Waals surface area contributed by atoms with Crippen molar-refractivity contribution in [3.05, 3.63) is 60.3 Å². The highest BCUT2D eigenvalue weighted by Crippen LogP contribution is 2.32. The van der Waals surface area contributed by atoms with Crippen molar-refractivity contribution in [3.63, 3.8) is 0 Å². The van der Waals surface area contributed by atoms with Gasteiger partial charge < -0.3 is 4.74 Å². The molecule has 0 aliphatic heterocycles. The van der Waals surface area contributed by atoms with Crippen LogP contribution in [0, 0.1) is 11.3 Å². The first-order chi connectivity index (χ1) is 11.2. The number of aromatic nitrogens is 2. The second-order valence-electron chi connectivity index (χ2n) is 5.00. The lowest BCUT2D eigenvalue weighted by Gasteiger charge is -2.06. The van der Waals surface area contributed by atoms with Gasteiger partial charge in [-0.05, 0) is 30.3 Å². The second-order valence-corrected chi connectivity index (χ2v) is 5.48. The minimum Gasteiger partial charge on any atom is -0.497 e. The van der Waals surface area contributed by atoms with Crippen molar-refractivity contribution in [3.8, 4) is 28.8 Å². The summed E-state index contributed by atoms with van der Waals surface area (Å²) in [6, 6.07) is 17.6. The van der Waals surface area contributed by atoms with Gasteiger partial charge in [-0.2, -0.15) is 10.4 Å². The van der Waals surface area contributed by atoms with Gasteiger partial charge in [-0.25, -0.2) is 4.68 Å². The largest absolute Gasteiger partial charge is 0.497 e. The number of hydrogen-bond donors (Lipinski definition) is 1. The zero-order valence-corrected chi connectivity index (χ0v) is 13.5. The third-order valence-corrected chi connectivity index (χ3v) is 3.91. The second kappa shape index (κ2) is 6.59. The predicted octanol–water partition coefficient (Wildman–Crippen LogP) is 3.90. The van der Waals surface area contributed by atoms with Crippen LogP contribution in [0.1, 0.15) is 5.56 Å². The Morgan fingerprint density at radius 1 is 1.22 bits per heavy atom. The zero-order valence-electron chi connectivity index (χ0n) is 12.6. The fraction of sp³-hybridized carbons (Fsp3) is 0.111. The SMILES string of the molecule is COc1ccc(-c2nn(-c3ccccc3)cc2CC#N)c(S)c1. The average molecular weight is 321 g/mol. The molecule has 1 aromatic heterocycles. The van der Waals surface area contributed by atoms with Crippen LogP contribution in [-0.2, 0) is 6.42 Å². The molecule has 0 bridgehead atoms. The summed E-state index contributed by atoms with van der Waals surface area (Å²) in [5.41, 5.74) is 3.47. The van der Waals surface area contributed by atoms with E-state index in [4.69, 9.17) is 10.00 Å². The summed E-state index contributed by atoms with van der Waals surface area (Å²) in [6.07, 6.45) is 2.19. The molecule has 4 nitrogen and oxygen atoms in total. The van der Waals surface area contributed by atoms with Gasteiger partial charge in [0.05, 0.1) is 31.0 Å². The van der Waals surface area contributed by atoms with Crippen LogP contribution in [0.5, 0.6) is 5.75 Å². The molecule has 5 heteroatoms. The van der Waals surface area contributed by atoms with Crippen molar-refractivity contribution in [1.29, 1.82) is 5.26 Å². The molecule has 0 atom stereocenters. The van der Waals surface area contributed by atoms with E-state index in [-0.39, 0.29) is 0 Å². The maximum atomic E-state index is 9.10. The maximum Gasteiger partial charge on any atom is 0.120 e. The highest BCUT2D eigenvalue weighted by molar-refractivity contribution is 7.80. The number of para-hydroxylation sites is 1. The number of rotatable bonds is 4. The Hall–Kier alpha value is -2.71. The molecule has 0 radical (unpaired) electrons. The molecule has 0 saturated heterocycles. The quantitative estimate of drug-likeness (QED) is 0.741. The molecule has 0 amide bonds. The Labute approximate surface area is 140 Å². The Morgan fingerprint density at radius 2 is 2.00 bits per heavy atom. The topological polar surface area (TPSA) is 50.8 Å². The molecule has 23 heavy (non-hydrogen) atoms. The summed E-state index contributed by atoms with van der Waals surface area (Å²) in [5, 5.41) is 13.8. The van der Waals surface area contributed by atoms with Crippen molar-refractivity contribution in [2.45, 2.75) is 11.3 Å². The van der Waals surface area contributed by atoms with Gasteiger partial charge >= 0.3 is 0 Å². The normalized spacial score (nSPS) is 10.3. The van der Waals surface area contributed by atoms with Crippen LogP contribution < -0.4 is 4.74 Å².